The van der Waals surface area contributed by atoms with E-state index in [-0.39, 0.29) is 5.41 Å². The van der Waals surface area contributed by atoms with Gasteiger partial charge in [0.2, 0.25) is 0 Å². The minimum absolute atomic E-state index is 0.243. The Morgan fingerprint density at radius 1 is 0.561 bits per heavy atom. The summed E-state index contributed by atoms with van der Waals surface area (Å²) in [4.78, 5) is 2.80. The van der Waals surface area contributed by atoms with E-state index >= 15 is 0 Å². The van der Waals surface area contributed by atoms with E-state index in [1.54, 1.807) is 0 Å². The quantitative estimate of drug-likeness (QED) is 0.142. The van der Waals surface area contributed by atoms with Gasteiger partial charge in [-0.1, -0.05) is 146 Å². The second-order valence-corrected chi connectivity index (χ2v) is 12.2. The molecule has 0 fully saturated rings. The molecule has 4 rings (SSSR count). The van der Waals surface area contributed by atoms with Gasteiger partial charge in [0.1, 0.15) is 0 Å². The van der Waals surface area contributed by atoms with Gasteiger partial charge >= 0.3 is 0 Å². The molecule has 0 radical (unpaired) electrons. The Hall–Kier alpha value is -3.16. The monoisotopic (exact) mass is 545 g/mol. The van der Waals surface area contributed by atoms with Crippen LogP contribution in [0.3, 0.4) is 0 Å². The van der Waals surface area contributed by atoms with E-state index in [9.17, 15) is 0 Å². The highest BCUT2D eigenvalue weighted by molar-refractivity contribution is 5.52. The molecule has 0 bridgehead atoms. The summed E-state index contributed by atoms with van der Waals surface area (Å²) < 4.78 is 0. The summed E-state index contributed by atoms with van der Waals surface area (Å²) in [5.74, 6) is 0. The minimum atomic E-state index is -0.243. The summed E-state index contributed by atoms with van der Waals surface area (Å²) >= 11 is 0. The molecule has 0 saturated carbocycles. The second-order valence-electron chi connectivity index (χ2n) is 12.2. The molecule has 216 valence electrons. The van der Waals surface area contributed by atoms with Gasteiger partial charge in [-0.15, -0.1) is 0 Å². The number of benzene rings is 4. The summed E-state index contributed by atoms with van der Waals surface area (Å²) in [5, 5.41) is 0. The van der Waals surface area contributed by atoms with Crippen molar-refractivity contribution in [2.75, 3.05) is 13.1 Å². The molecule has 0 aromatic heterocycles. The maximum Gasteiger partial charge on any atom is 0.0452 e. The molecular weight excluding hydrogens is 494 g/mol. The van der Waals surface area contributed by atoms with Crippen LogP contribution in [0.2, 0.25) is 0 Å². The van der Waals surface area contributed by atoms with E-state index in [0.717, 1.165) is 25.9 Å². The van der Waals surface area contributed by atoms with Crippen LogP contribution in [0.5, 0.6) is 0 Å². The van der Waals surface area contributed by atoms with Crippen LogP contribution in [0.15, 0.2) is 97.1 Å². The zero-order valence-corrected chi connectivity index (χ0v) is 26.4. The molecule has 0 spiro atoms. The standard InChI is InChI=1S/C40H51N/c1-7-9-25-41(26-10-8-2)39(35-19-11-15-31(3)27-35)23-24-40(36-20-12-16-32(4)28-36,37-21-13-17-33(5)29-37)38-22-14-18-34(6)30-38/h11-22,27-30,39H,7-10,23-26H2,1-6H3. The average molecular weight is 546 g/mol. The van der Waals surface area contributed by atoms with Gasteiger partial charge < -0.3 is 0 Å². The van der Waals surface area contributed by atoms with E-state index in [2.05, 4.69) is 144 Å². The van der Waals surface area contributed by atoms with E-state index < -0.39 is 0 Å². The molecule has 1 heteroatoms. The number of hydrogen-bond acceptors (Lipinski definition) is 1. The maximum absolute atomic E-state index is 2.80. The van der Waals surface area contributed by atoms with Crippen LogP contribution in [-0.4, -0.2) is 18.0 Å². The molecule has 4 aromatic carbocycles. The van der Waals surface area contributed by atoms with Crippen LogP contribution < -0.4 is 0 Å². The van der Waals surface area contributed by atoms with E-state index in [1.165, 1.54) is 70.2 Å². The van der Waals surface area contributed by atoms with Crippen LogP contribution in [0, 0.1) is 27.7 Å². The molecular formula is C40H51N. The fraction of sp³-hybridized carbons (Fsp3) is 0.400. The van der Waals surface area contributed by atoms with Crippen molar-refractivity contribution >= 4 is 0 Å². The molecule has 1 atom stereocenters. The maximum atomic E-state index is 2.80. The summed E-state index contributed by atoms with van der Waals surface area (Å²) in [6.45, 7) is 15.9. The molecule has 0 aliphatic rings. The number of nitrogens with zero attached hydrogens (tertiary/aromatic N) is 1. The van der Waals surface area contributed by atoms with Gasteiger partial charge in [-0.2, -0.15) is 0 Å². The third-order valence-corrected chi connectivity index (χ3v) is 8.79. The number of aryl methyl sites for hydroxylation is 4. The number of unbranched alkanes of at least 4 members (excludes halogenated alkanes) is 2. The summed E-state index contributed by atoms with van der Waals surface area (Å²) in [7, 11) is 0. The molecule has 0 aliphatic carbocycles. The lowest BCUT2D eigenvalue weighted by atomic mass is 9.65. The molecule has 1 unspecified atom stereocenters. The largest absolute Gasteiger partial charge is 0.296 e. The van der Waals surface area contributed by atoms with Crippen molar-refractivity contribution in [2.45, 2.75) is 91.5 Å². The molecule has 1 nitrogen and oxygen atoms in total. The van der Waals surface area contributed by atoms with E-state index in [1.807, 2.05) is 0 Å². The number of hydrogen-bond donors (Lipinski definition) is 0. The van der Waals surface area contributed by atoms with Crippen molar-refractivity contribution in [3.8, 4) is 0 Å². The SMILES string of the molecule is CCCCN(CCCC)C(CCC(c1cccc(C)c1)(c1cccc(C)c1)c1cccc(C)c1)c1cccc(C)c1. The fourth-order valence-corrected chi connectivity index (χ4v) is 6.60. The van der Waals surface area contributed by atoms with Crippen molar-refractivity contribution in [3.05, 3.63) is 142 Å². The normalized spacial score (nSPS) is 12.6. The molecule has 41 heavy (non-hydrogen) atoms. The summed E-state index contributed by atoms with van der Waals surface area (Å²) in [5.41, 5.74) is 10.7. The van der Waals surface area contributed by atoms with Crippen molar-refractivity contribution in [2.24, 2.45) is 0 Å². The van der Waals surface area contributed by atoms with Crippen LogP contribution in [0.4, 0.5) is 0 Å². The highest BCUT2D eigenvalue weighted by Gasteiger charge is 2.38. The van der Waals surface area contributed by atoms with E-state index in [0.29, 0.717) is 6.04 Å². The van der Waals surface area contributed by atoms with Crippen molar-refractivity contribution in [1.29, 1.82) is 0 Å². The Bertz CT molecular complexity index is 1260. The predicted octanol–water partition coefficient (Wildman–Crippen LogP) is 10.7. The highest BCUT2D eigenvalue weighted by Crippen LogP contribution is 2.46. The zero-order chi connectivity index (χ0) is 29.2. The molecule has 0 aliphatic heterocycles. The first-order valence-corrected chi connectivity index (χ1v) is 15.9. The van der Waals surface area contributed by atoms with Gasteiger partial charge in [0.15, 0.2) is 0 Å². The molecule has 0 heterocycles. The molecule has 0 amide bonds. The lowest BCUT2D eigenvalue weighted by molar-refractivity contribution is 0.174. The number of rotatable bonds is 14. The molecule has 4 aromatic rings. The van der Waals surface area contributed by atoms with Gasteiger partial charge in [-0.05, 0) is 88.7 Å². The zero-order valence-electron chi connectivity index (χ0n) is 26.4. The lowest BCUT2D eigenvalue weighted by Gasteiger charge is -2.40. The first-order chi connectivity index (χ1) is 19.9. The van der Waals surface area contributed by atoms with Gasteiger partial charge in [0, 0.05) is 11.5 Å². The third-order valence-electron chi connectivity index (χ3n) is 8.79. The Labute approximate surface area is 250 Å². The summed E-state index contributed by atoms with van der Waals surface area (Å²) in [6, 6.07) is 37.5. The Balaban J connectivity index is 1.90. The van der Waals surface area contributed by atoms with Gasteiger partial charge in [0.05, 0.1) is 0 Å². The van der Waals surface area contributed by atoms with Crippen molar-refractivity contribution in [1.82, 2.24) is 4.90 Å². The lowest BCUT2D eigenvalue weighted by Crippen LogP contribution is -2.35. The Kier molecular flexibility index (Phi) is 11.0. The van der Waals surface area contributed by atoms with E-state index in [4.69, 9.17) is 0 Å². The molecule has 0 saturated heterocycles. The smallest absolute Gasteiger partial charge is 0.0452 e. The van der Waals surface area contributed by atoms with Crippen molar-refractivity contribution in [3.63, 3.8) is 0 Å². The van der Waals surface area contributed by atoms with Gasteiger partial charge in [-0.25, -0.2) is 0 Å². The van der Waals surface area contributed by atoms with Gasteiger partial charge in [-0.3, -0.25) is 4.90 Å². The third kappa shape index (κ3) is 7.57. The van der Waals surface area contributed by atoms with Crippen LogP contribution in [0.1, 0.15) is 103 Å². The Morgan fingerprint density at radius 2 is 0.976 bits per heavy atom. The first-order valence-electron chi connectivity index (χ1n) is 15.9. The summed E-state index contributed by atoms with van der Waals surface area (Å²) in [6.07, 6.45) is 7.06. The highest BCUT2D eigenvalue weighted by atomic mass is 15.1. The average Bonchev–Trinajstić information content (AvgIpc) is 2.96. The fourth-order valence-electron chi connectivity index (χ4n) is 6.60. The van der Waals surface area contributed by atoms with Crippen LogP contribution >= 0.6 is 0 Å². The predicted molar refractivity (Wildman–Crippen MR) is 178 cm³/mol. The van der Waals surface area contributed by atoms with Crippen LogP contribution in [-0.2, 0) is 5.41 Å². The van der Waals surface area contributed by atoms with Gasteiger partial charge in [0.25, 0.3) is 0 Å². The Morgan fingerprint density at radius 3 is 1.37 bits per heavy atom. The molecule has 0 N–H and O–H groups in total. The topological polar surface area (TPSA) is 3.24 Å². The second kappa shape index (κ2) is 14.6. The van der Waals surface area contributed by atoms with Crippen LogP contribution in [0.25, 0.3) is 0 Å². The first kappa shape index (κ1) is 30.8. The van der Waals surface area contributed by atoms with Crippen molar-refractivity contribution < 1.29 is 0 Å². The minimum Gasteiger partial charge on any atom is -0.296 e.